The van der Waals surface area contributed by atoms with Crippen molar-refractivity contribution < 1.29 is 13.6 Å². The molecule has 122 valence electrons. The smallest absolute Gasteiger partial charge is 0.308 e. The van der Waals surface area contributed by atoms with Gasteiger partial charge in [0, 0.05) is 0 Å². The van der Waals surface area contributed by atoms with Gasteiger partial charge in [0.15, 0.2) is 0 Å². The molecule has 0 aliphatic heterocycles. The Hall–Kier alpha value is 0.110. The van der Waals surface area contributed by atoms with E-state index in [-0.39, 0.29) is 0 Å². The Morgan fingerprint density at radius 3 is 1.95 bits per heavy atom. The Labute approximate surface area is 125 Å². The Balaban J connectivity index is 4.95. The molecule has 0 aromatic carbocycles. The SMILES string of the molecule is CCCCCC(C)(NCCCC)P(=O)(OCC)OCC. The molecule has 0 amide bonds. The predicted molar refractivity (Wildman–Crippen MR) is 86.3 cm³/mol. The minimum Gasteiger partial charge on any atom is -0.308 e. The van der Waals surface area contributed by atoms with E-state index in [1.807, 2.05) is 20.8 Å². The zero-order valence-electron chi connectivity index (χ0n) is 14.0. The van der Waals surface area contributed by atoms with Crippen LogP contribution in [0.25, 0.3) is 0 Å². The van der Waals surface area contributed by atoms with Crippen molar-refractivity contribution in [2.75, 3.05) is 19.8 Å². The molecule has 0 radical (unpaired) electrons. The van der Waals surface area contributed by atoms with Crippen LogP contribution in [-0.4, -0.2) is 25.0 Å². The largest absolute Gasteiger partial charge is 0.350 e. The fourth-order valence-electron chi connectivity index (χ4n) is 2.24. The molecule has 0 fully saturated rings. The van der Waals surface area contributed by atoms with Crippen LogP contribution < -0.4 is 5.32 Å². The number of rotatable bonds is 13. The zero-order chi connectivity index (χ0) is 15.5. The first kappa shape index (κ1) is 20.1. The first-order valence-electron chi connectivity index (χ1n) is 8.13. The molecule has 5 heteroatoms. The molecule has 0 saturated heterocycles. The molecule has 0 aromatic heterocycles. The minimum atomic E-state index is -3.13. The molecule has 0 aromatic rings. The minimum absolute atomic E-state index is 0.413. The maximum Gasteiger partial charge on any atom is 0.350 e. The van der Waals surface area contributed by atoms with E-state index in [4.69, 9.17) is 9.05 Å². The first-order valence-corrected chi connectivity index (χ1v) is 9.68. The summed E-state index contributed by atoms with van der Waals surface area (Å²) in [6, 6.07) is 0. The molecule has 20 heavy (non-hydrogen) atoms. The molecule has 4 nitrogen and oxygen atoms in total. The van der Waals surface area contributed by atoms with E-state index < -0.39 is 12.9 Å². The Morgan fingerprint density at radius 2 is 1.50 bits per heavy atom. The number of hydrogen-bond acceptors (Lipinski definition) is 4. The topological polar surface area (TPSA) is 47.6 Å². The van der Waals surface area contributed by atoms with E-state index in [0.717, 1.165) is 45.1 Å². The summed E-state index contributed by atoms with van der Waals surface area (Å²) in [5, 5.41) is 2.87. The quantitative estimate of drug-likeness (QED) is 0.387. The first-order chi connectivity index (χ1) is 9.49. The maximum absolute atomic E-state index is 13.1. The average Bonchev–Trinajstić information content (AvgIpc) is 2.40. The average molecular weight is 307 g/mol. The molecule has 0 bridgehead atoms. The fourth-order valence-corrected chi connectivity index (χ4v) is 4.30. The van der Waals surface area contributed by atoms with Gasteiger partial charge in [-0.2, -0.15) is 0 Å². The Kier molecular flexibility index (Phi) is 10.8. The number of unbranched alkanes of at least 4 members (excludes halogenated alkanes) is 3. The van der Waals surface area contributed by atoms with Gasteiger partial charge in [-0.1, -0.05) is 39.5 Å². The van der Waals surface area contributed by atoms with Crippen LogP contribution in [0.5, 0.6) is 0 Å². The van der Waals surface area contributed by atoms with Crippen molar-refractivity contribution in [2.45, 2.75) is 78.4 Å². The van der Waals surface area contributed by atoms with Gasteiger partial charge in [0.05, 0.1) is 13.2 Å². The van der Waals surface area contributed by atoms with Crippen molar-refractivity contribution in [3.05, 3.63) is 0 Å². The molecule has 1 atom stereocenters. The lowest BCUT2D eigenvalue weighted by molar-refractivity contribution is 0.184. The lowest BCUT2D eigenvalue weighted by Crippen LogP contribution is -2.43. The van der Waals surface area contributed by atoms with E-state index in [1.165, 1.54) is 0 Å². The van der Waals surface area contributed by atoms with Gasteiger partial charge in [-0.05, 0) is 40.2 Å². The summed E-state index contributed by atoms with van der Waals surface area (Å²) in [7, 11) is -3.13. The van der Waals surface area contributed by atoms with Gasteiger partial charge < -0.3 is 14.4 Å². The van der Waals surface area contributed by atoms with Crippen LogP contribution in [0.2, 0.25) is 0 Å². The fraction of sp³-hybridized carbons (Fsp3) is 1.00. The maximum atomic E-state index is 13.1. The van der Waals surface area contributed by atoms with Crippen LogP contribution in [0.15, 0.2) is 0 Å². The second kappa shape index (κ2) is 10.8. The van der Waals surface area contributed by atoms with Gasteiger partial charge in [-0.25, -0.2) is 0 Å². The molecule has 0 aliphatic rings. The molecule has 1 unspecified atom stereocenters. The summed E-state index contributed by atoms with van der Waals surface area (Å²) in [4.78, 5) is 0. The van der Waals surface area contributed by atoms with Gasteiger partial charge in [0.1, 0.15) is 5.28 Å². The summed E-state index contributed by atoms with van der Waals surface area (Å²) >= 11 is 0. The van der Waals surface area contributed by atoms with Gasteiger partial charge in [-0.3, -0.25) is 4.57 Å². The van der Waals surface area contributed by atoms with Crippen molar-refractivity contribution in [3.63, 3.8) is 0 Å². The summed E-state index contributed by atoms with van der Waals surface area (Å²) in [6.07, 6.45) is 6.34. The zero-order valence-corrected chi connectivity index (χ0v) is 14.9. The van der Waals surface area contributed by atoms with Crippen LogP contribution in [0.1, 0.15) is 73.1 Å². The normalized spacial score (nSPS) is 15.2. The van der Waals surface area contributed by atoms with E-state index in [9.17, 15) is 4.57 Å². The third-order valence-corrected chi connectivity index (χ3v) is 6.29. The van der Waals surface area contributed by atoms with Crippen LogP contribution in [0.3, 0.4) is 0 Å². The van der Waals surface area contributed by atoms with Crippen LogP contribution in [-0.2, 0) is 13.6 Å². The van der Waals surface area contributed by atoms with Crippen LogP contribution >= 0.6 is 7.60 Å². The molecule has 0 rings (SSSR count). The van der Waals surface area contributed by atoms with Gasteiger partial charge in [0.2, 0.25) is 0 Å². The molecule has 0 heterocycles. The van der Waals surface area contributed by atoms with Crippen molar-refractivity contribution in [2.24, 2.45) is 0 Å². The van der Waals surface area contributed by atoms with Crippen molar-refractivity contribution in [1.29, 1.82) is 0 Å². The Morgan fingerprint density at radius 1 is 0.950 bits per heavy atom. The molecule has 0 saturated carbocycles. The summed E-state index contributed by atoms with van der Waals surface area (Å²) < 4.78 is 24.3. The predicted octanol–water partition coefficient (Wildman–Crippen LogP) is 4.94. The lowest BCUT2D eigenvalue weighted by atomic mass is 10.1. The third-order valence-electron chi connectivity index (χ3n) is 3.51. The highest BCUT2D eigenvalue weighted by Crippen LogP contribution is 2.60. The van der Waals surface area contributed by atoms with Crippen LogP contribution in [0.4, 0.5) is 0 Å². The molecule has 0 spiro atoms. The molecular formula is C15H34NO3P. The second-order valence-electron chi connectivity index (χ2n) is 5.34. The number of hydrogen-bond donors (Lipinski definition) is 1. The van der Waals surface area contributed by atoms with E-state index in [2.05, 4.69) is 19.2 Å². The van der Waals surface area contributed by atoms with Crippen molar-refractivity contribution in [1.82, 2.24) is 5.32 Å². The molecular weight excluding hydrogens is 273 g/mol. The van der Waals surface area contributed by atoms with Crippen LogP contribution in [0, 0.1) is 0 Å². The van der Waals surface area contributed by atoms with E-state index in [0.29, 0.717) is 13.2 Å². The monoisotopic (exact) mass is 307 g/mol. The Bertz CT molecular complexity index is 264. The third kappa shape index (κ3) is 6.26. The molecule has 1 N–H and O–H groups in total. The van der Waals surface area contributed by atoms with Crippen molar-refractivity contribution in [3.8, 4) is 0 Å². The lowest BCUT2D eigenvalue weighted by Gasteiger charge is -2.37. The van der Waals surface area contributed by atoms with Gasteiger partial charge in [-0.15, -0.1) is 0 Å². The molecule has 0 aliphatic carbocycles. The highest BCUT2D eigenvalue weighted by Gasteiger charge is 2.46. The second-order valence-corrected chi connectivity index (χ2v) is 7.84. The summed E-state index contributed by atoms with van der Waals surface area (Å²) in [6.45, 7) is 11.7. The van der Waals surface area contributed by atoms with Crippen molar-refractivity contribution >= 4 is 7.60 Å². The summed E-state index contributed by atoms with van der Waals surface area (Å²) in [5.41, 5.74) is 0. The highest BCUT2D eigenvalue weighted by atomic mass is 31.2. The van der Waals surface area contributed by atoms with E-state index in [1.54, 1.807) is 0 Å². The van der Waals surface area contributed by atoms with Gasteiger partial charge >= 0.3 is 7.60 Å². The number of nitrogens with one attached hydrogen (secondary N) is 1. The van der Waals surface area contributed by atoms with E-state index >= 15 is 0 Å². The standard InChI is InChI=1S/C15H34NO3P/c1-6-10-12-13-15(5,16-14-11-7-2)20(17,18-8-3)19-9-4/h16H,6-14H2,1-5H3. The highest BCUT2D eigenvalue weighted by molar-refractivity contribution is 7.55. The van der Waals surface area contributed by atoms with Gasteiger partial charge in [0.25, 0.3) is 0 Å². The summed E-state index contributed by atoms with van der Waals surface area (Å²) in [5.74, 6) is 0.